The summed E-state index contributed by atoms with van der Waals surface area (Å²) in [6.45, 7) is 5.04. The zero-order chi connectivity index (χ0) is 27.2. The molecule has 0 aliphatic heterocycles. The van der Waals surface area contributed by atoms with Crippen LogP contribution in [0, 0.1) is 0 Å². The molecule has 0 spiro atoms. The lowest BCUT2D eigenvalue weighted by atomic mass is 10.2. The molecule has 1 aromatic heterocycles. The maximum Gasteiger partial charge on any atom is 0.247 e. The van der Waals surface area contributed by atoms with E-state index in [-0.39, 0.29) is 18.4 Å². The number of aromatic nitrogens is 1. The smallest absolute Gasteiger partial charge is 0.247 e. The van der Waals surface area contributed by atoms with Gasteiger partial charge in [-0.15, -0.1) is 0 Å². The van der Waals surface area contributed by atoms with Crippen LogP contribution in [0.15, 0.2) is 83.5 Å². The Bertz CT molecular complexity index is 1160. The predicted molar refractivity (Wildman–Crippen MR) is 157 cm³/mol. The van der Waals surface area contributed by atoms with Gasteiger partial charge in [-0.1, -0.05) is 71.7 Å². The number of unbranched alkanes of at least 4 members (excludes halogenated alkanes) is 1. The molecule has 2 amide bonds. The first-order valence-corrected chi connectivity index (χ1v) is 14.0. The topological polar surface area (TPSA) is 54.8 Å². The minimum atomic E-state index is -0.174. The van der Waals surface area contributed by atoms with E-state index in [1.807, 2.05) is 53.4 Å². The third kappa shape index (κ3) is 9.62. The summed E-state index contributed by atoms with van der Waals surface area (Å²) in [5.41, 5.74) is 3.20. The molecule has 0 N–H and O–H groups in total. The van der Waals surface area contributed by atoms with Gasteiger partial charge in [0.1, 0.15) is 6.54 Å². The Morgan fingerprint density at radius 2 is 1.68 bits per heavy atom. The average Bonchev–Trinajstić information content (AvgIpc) is 3.37. The van der Waals surface area contributed by atoms with Crippen LogP contribution in [0.1, 0.15) is 43.0 Å². The van der Waals surface area contributed by atoms with Gasteiger partial charge >= 0.3 is 0 Å². The van der Waals surface area contributed by atoms with Crippen molar-refractivity contribution in [3.05, 3.63) is 100 Å². The third-order valence-corrected chi connectivity index (χ3v) is 6.84. The van der Waals surface area contributed by atoms with Gasteiger partial charge in [-0.25, -0.2) is 0 Å². The number of amides is 2. The molecule has 3 rings (SSSR count). The van der Waals surface area contributed by atoms with E-state index in [2.05, 4.69) is 51.8 Å². The molecule has 2 aromatic carbocycles. The molecule has 0 radical (unpaired) electrons. The van der Waals surface area contributed by atoms with Crippen LogP contribution in [-0.2, 0) is 27.4 Å². The molecule has 7 heteroatoms. The van der Waals surface area contributed by atoms with Crippen molar-refractivity contribution in [2.24, 2.45) is 0 Å². The Morgan fingerprint density at radius 1 is 0.947 bits per heavy atom. The molecular weight excluding hydrogens is 542 g/mol. The van der Waals surface area contributed by atoms with Crippen LogP contribution in [-0.4, -0.2) is 59.5 Å². The maximum atomic E-state index is 13.6. The molecule has 0 atom stereocenters. The fourth-order valence-corrected chi connectivity index (χ4v) is 4.40. The largest absolute Gasteiger partial charge is 0.385 e. The Balaban J connectivity index is 1.72. The van der Waals surface area contributed by atoms with E-state index < -0.39 is 0 Å². The second-order valence-electron chi connectivity index (χ2n) is 9.27. The van der Waals surface area contributed by atoms with E-state index in [4.69, 9.17) is 4.74 Å². The Hall–Kier alpha value is -3.16. The molecule has 0 unspecified atom stereocenters. The van der Waals surface area contributed by atoms with Crippen molar-refractivity contribution in [3.63, 3.8) is 0 Å². The van der Waals surface area contributed by atoms with Gasteiger partial charge in [0.2, 0.25) is 11.8 Å². The number of methoxy groups -OCH3 is 1. The van der Waals surface area contributed by atoms with Crippen molar-refractivity contribution < 1.29 is 14.3 Å². The summed E-state index contributed by atoms with van der Waals surface area (Å²) in [4.78, 5) is 30.2. The van der Waals surface area contributed by atoms with Crippen molar-refractivity contribution in [2.75, 3.05) is 33.4 Å². The van der Waals surface area contributed by atoms with Crippen LogP contribution in [0.4, 0.5) is 0 Å². The van der Waals surface area contributed by atoms with Crippen molar-refractivity contribution in [1.29, 1.82) is 0 Å². The van der Waals surface area contributed by atoms with Gasteiger partial charge in [0.15, 0.2) is 0 Å². The van der Waals surface area contributed by atoms with E-state index >= 15 is 0 Å². The summed E-state index contributed by atoms with van der Waals surface area (Å²) in [5, 5.41) is 0. The number of benzene rings is 2. The molecule has 0 aliphatic carbocycles. The lowest BCUT2D eigenvalue weighted by Gasteiger charge is -2.28. The monoisotopic (exact) mass is 579 g/mol. The number of carbonyl (C=O) groups excluding carboxylic acids is 2. The number of nitrogens with zero attached hydrogens (tertiary/aromatic N) is 3. The van der Waals surface area contributed by atoms with E-state index in [0.29, 0.717) is 32.7 Å². The molecule has 6 nitrogen and oxygen atoms in total. The van der Waals surface area contributed by atoms with Crippen LogP contribution in [0.5, 0.6) is 0 Å². The molecule has 0 fully saturated rings. The van der Waals surface area contributed by atoms with Crippen LogP contribution in [0.3, 0.4) is 0 Å². The lowest BCUT2D eigenvalue weighted by Crippen LogP contribution is -2.43. The zero-order valence-corrected chi connectivity index (χ0v) is 24.0. The highest BCUT2D eigenvalue weighted by Gasteiger charge is 2.21. The Kier molecular flexibility index (Phi) is 12.3. The number of halogens is 1. The summed E-state index contributed by atoms with van der Waals surface area (Å²) in [5.74, 6) is -0.221. The van der Waals surface area contributed by atoms with Crippen molar-refractivity contribution in [2.45, 2.75) is 39.3 Å². The normalized spacial score (nSPS) is 11.1. The van der Waals surface area contributed by atoms with Gasteiger partial charge in [-0.2, -0.15) is 0 Å². The summed E-state index contributed by atoms with van der Waals surface area (Å²) >= 11 is 3.49. The minimum absolute atomic E-state index is 0.0405. The summed E-state index contributed by atoms with van der Waals surface area (Å²) in [7, 11) is 1.64. The van der Waals surface area contributed by atoms with Crippen LogP contribution in [0.25, 0.3) is 6.08 Å². The number of carbonyl (C=O) groups is 2. The Labute approximate surface area is 235 Å². The average molecular weight is 581 g/mol. The Morgan fingerprint density at radius 3 is 2.39 bits per heavy atom. The fourth-order valence-electron chi connectivity index (χ4n) is 4.14. The molecule has 0 saturated heterocycles. The van der Waals surface area contributed by atoms with Gasteiger partial charge in [-0.05, 0) is 54.3 Å². The number of ether oxygens (including phenoxy) is 1. The number of hydrogen-bond donors (Lipinski definition) is 0. The molecule has 1 heterocycles. The highest BCUT2D eigenvalue weighted by molar-refractivity contribution is 9.10. The van der Waals surface area contributed by atoms with Gasteiger partial charge in [0.05, 0.1) is 6.54 Å². The quantitative estimate of drug-likeness (QED) is 0.164. The van der Waals surface area contributed by atoms with Crippen LogP contribution >= 0.6 is 15.9 Å². The molecular formula is C31H38BrN3O3. The van der Waals surface area contributed by atoms with Crippen molar-refractivity contribution in [1.82, 2.24) is 14.4 Å². The van der Waals surface area contributed by atoms with Gasteiger partial charge in [0.25, 0.3) is 0 Å². The fraction of sp³-hybridized carbons (Fsp3) is 0.355. The molecule has 0 saturated carbocycles. The first kappa shape index (κ1) is 29.4. The van der Waals surface area contributed by atoms with Crippen LogP contribution in [0.2, 0.25) is 0 Å². The standard InChI is InChI=1S/C31H38BrN3O3/c1-3-4-19-34(24-29-12-8-20-33(29)23-27-13-16-28(32)17-14-27)31(37)25-35(21-9-22-38-2)30(36)18-15-26-10-6-5-7-11-26/h5-8,10-18,20H,3-4,9,19,21-25H2,1-2H3. The van der Waals surface area contributed by atoms with E-state index in [9.17, 15) is 9.59 Å². The molecule has 38 heavy (non-hydrogen) atoms. The van der Waals surface area contributed by atoms with Crippen molar-refractivity contribution in [3.8, 4) is 0 Å². The minimum Gasteiger partial charge on any atom is -0.385 e. The summed E-state index contributed by atoms with van der Waals surface area (Å²) in [6.07, 6.45) is 7.95. The molecule has 202 valence electrons. The number of hydrogen-bond acceptors (Lipinski definition) is 3. The molecule has 3 aromatic rings. The highest BCUT2D eigenvalue weighted by Crippen LogP contribution is 2.15. The third-order valence-electron chi connectivity index (χ3n) is 6.31. The predicted octanol–water partition coefficient (Wildman–Crippen LogP) is 6.01. The van der Waals surface area contributed by atoms with Gasteiger partial charge in [-0.3, -0.25) is 9.59 Å². The summed E-state index contributed by atoms with van der Waals surface area (Å²) < 4.78 is 8.42. The molecule has 0 bridgehead atoms. The van der Waals surface area contributed by atoms with E-state index in [0.717, 1.165) is 35.1 Å². The SMILES string of the molecule is CCCCN(Cc1cccn1Cc1ccc(Br)cc1)C(=O)CN(CCCOC)C(=O)C=Cc1ccccc1. The molecule has 0 aliphatic rings. The maximum absolute atomic E-state index is 13.6. The number of rotatable bonds is 15. The van der Waals surface area contributed by atoms with Gasteiger partial charge < -0.3 is 19.1 Å². The zero-order valence-electron chi connectivity index (χ0n) is 22.4. The van der Waals surface area contributed by atoms with Gasteiger partial charge in [0, 0.05) is 55.8 Å². The highest BCUT2D eigenvalue weighted by atomic mass is 79.9. The van der Waals surface area contributed by atoms with Crippen molar-refractivity contribution >= 4 is 33.8 Å². The lowest BCUT2D eigenvalue weighted by molar-refractivity contribution is -0.138. The second kappa shape index (κ2) is 15.9. The van der Waals surface area contributed by atoms with E-state index in [1.165, 1.54) is 5.56 Å². The first-order valence-electron chi connectivity index (χ1n) is 13.2. The first-order chi connectivity index (χ1) is 18.5. The summed E-state index contributed by atoms with van der Waals surface area (Å²) in [6, 6.07) is 22.1. The van der Waals surface area contributed by atoms with E-state index in [1.54, 1.807) is 24.2 Å². The second-order valence-corrected chi connectivity index (χ2v) is 10.2. The van der Waals surface area contributed by atoms with Crippen LogP contribution < -0.4 is 0 Å².